The van der Waals surface area contributed by atoms with Crippen LogP contribution < -0.4 is 15.0 Å². The van der Waals surface area contributed by atoms with Gasteiger partial charge in [-0.15, -0.1) is 0 Å². The Kier molecular flexibility index (Phi) is 3.97. The Balaban J connectivity index is 1.72. The molecule has 1 saturated carbocycles. The number of anilines is 1. The van der Waals surface area contributed by atoms with Crippen LogP contribution in [0, 0.1) is 5.82 Å². The molecular formula is C21H22FN5O2. The summed E-state index contributed by atoms with van der Waals surface area (Å²) in [5.41, 5.74) is 1.38. The van der Waals surface area contributed by atoms with Crippen LogP contribution in [0.2, 0.25) is 0 Å². The minimum Gasteiger partial charge on any atom is -0.491 e. The van der Waals surface area contributed by atoms with Gasteiger partial charge in [-0.1, -0.05) is 0 Å². The lowest BCUT2D eigenvalue weighted by molar-refractivity contribution is 0.0928. The predicted octanol–water partition coefficient (Wildman–Crippen LogP) is 2.89. The highest BCUT2D eigenvalue weighted by Gasteiger charge is 2.51. The van der Waals surface area contributed by atoms with Gasteiger partial charge in [0.1, 0.15) is 29.6 Å². The molecule has 3 aromatic rings. The molecule has 3 heterocycles. The highest BCUT2D eigenvalue weighted by molar-refractivity contribution is 5.99. The first-order valence-electron chi connectivity index (χ1n) is 9.87. The van der Waals surface area contributed by atoms with E-state index in [1.54, 1.807) is 22.8 Å². The first kappa shape index (κ1) is 17.9. The number of nitrogens with one attached hydrogen (secondary N) is 1. The highest BCUT2D eigenvalue weighted by Crippen LogP contribution is 2.55. The lowest BCUT2D eigenvalue weighted by atomic mass is 10.0. The number of amides is 1. The minimum atomic E-state index is -0.369. The van der Waals surface area contributed by atoms with Gasteiger partial charge in [0.25, 0.3) is 5.91 Å². The van der Waals surface area contributed by atoms with Crippen molar-refractivity contribution >= 4 is 17.4 Å². The molecular weight excluding hydrogens is 373 g/mol. The summed E-state index contributed by atoms with van der Waals surface area (Å²) in [6.07, 6.45) is 5.10. The molecule has 1 fully saturated rings. The average molecular weight is 395 g/mol. The van der Waals surface area contributed by atoms with Crippen LogP contribution in [-0.2, 0) is 5.54 Å². The lowest BCUT2D eigenvalue weighted by Crippen LogP contribution is -2.37. The molecule has 1 aromatic carbocycles. The number of fused-ring (bicyclic) bond motifs is 3. The van der Waals surface area contributed by atoms with Crippen LogP contribution >= 0.6 is 0 Å². The second-order valence-corrected chi connectivity index (χ2v) is 7.71. The fraction of sp³-hybridized carbons (Fsp3) is 0.381. The fourth-order valence-electron chi connectivity index (χ4n) is 4.21. The summed E-state index contributed by atoms with van der Waals surface area (Å²) in [7, 11) is 0. The van der Waals surface area contributed by atoms with E-state index in [0.717, 1.165) is 24.2 Å². The van der Waals surface area contributed by atoms with Crippen LogP contribution in [0.15, 0.2) is 36.7 Å². The molecule has 5 rings (SSSR count). The predicted molar refractivity (Wildman–Crippen MR) is 106 cm³/mol. The summed E-state index contributed by atoms with van der Waals surface area (Å²) in [6, 6.07) is 6.30. The zero-order valence-corrected chi connectivity index (χ0v) is 16.4. The van der Waals surface area contributed by atoms with Crippen molar-refractivity contribution in [3.63, 3.8) is 0 Å². The number of hydrogen-bond donors (Lipinski definition) is 1. The maximum atomic E-state index is 14.2. The molecule has 1 aliphatic heterocycles. The van der Waals surface area contributed by atoms with Gasteiger partial charge in [0.05, 0.1) is 17.8 Å². The van der Waals surface area contributed by atoms with Crippen LogP contribution in [0.25, 0.3) is 5.65 Å². The normalized spacial score (nSPS) is 20.4. The van der Waals surface area contributed by atoms with Gasteiger partial charge in [-0.05, 0) is 51.0 Å². The molecule has 0 unspecified atom stereocenters. The summed E-state index contributed by atoms with van der Waals surface area (Å²) >= 11 is 0. The Labute approximate surface area is 167 Å². The Morgan fingerprint density at radius 2 is 2.17 bits per heavy atom. The van der Waals surface area contributed by atoms with Crippen molar-refractivity contribution < 1.29 is 13.9 Å². The Morgan fingerprint density at radius 1 is 1.34 bits per heavy atom. The molecule has 7 nitrogen and oxygen atoms in total. The van der Waals surface area contributed by atoms with Gasteiger partial charge in [-0.2, -0.15) is 5.10 Å². The van der Waals surface area contributed by atoms with Crippen molar-refractivity contribution in [1.29, 1.82) is 0 Å². The van der Waals surface area contributed by atoms with Crippen LogP contribution in [0.5, 0.6) is 5.75 Å². The topological polar surface area (TPSA) is 71.8 Å². The Hall–Kier alpha value is -3.16. The van der Waals surface area contributed by atoms with Crippen molar-refractivity contribution in [2.24, 2.45) is 0 Å². The zero-order chi connectivity index (χ0) is 20.2. The highest BCUT2D eigenvalue weighted by atomic mass is 19.1. The molecule has 1 spiro atoms. The van der Waals surface area contributed by atoms with Crippen molar-refractivity contribution in [3.8, 4) is 5.75 Å². The van der Waals surface area contributed by atoms with Crippen LogP contribution in [0.4, 0.5) is 10.2 Å². The maximum absolute atomic E-state index is 14.2. The van der Waals surface area contributed by atoms with E-state index in [0.29, 0.717) is 23.5 Å². The van der Waals surface area contributed by atoms with Gasteiger partial charge in [0, 0.05) is 18.3 Å². The standard InChI is InChI=1S/C21H22FN5O2/c1-3-26-18-6-9-27-19(25-18)15(11-23-27)20(28)24-13(2)12-29-17-5-4-14(22)10-16(17)21(26)7-8-21/h4-6,9-11,13H,3,7-8,12H2,1-2H3,(H,24,28)/t13-/m1/s1. The number of nitrogens with zero attached hydrogens (tertiary/aromatic N) is 4. The number of halogens is 1. The summed E-state index contributed by atoms with van der Waals surface area (Å²) < 4.78 is 21.9. The number of carbonyl (C=O) groups excluding carboxylic acids is 1. The molecule has 1 amide bonds. The van der Waals surface area contributed by atoms with Gasteiger partial charge in [-0.3, -0.25) is 4.79 Å². The van der Waals surface area contributed by atoms with Gasteiger partial charge in [0.2, 0.25) is 0 Å². The number of benzene rings is 1. The van der Waals surface area contributed by atoms with Crippen LogP contribution in [-0.4, -0.2) is 39.7 Å². The van der Waals surface area contributed by atoms with E-state index in [1.807, 2.05) is 13.0 Å². The third kappa shape index (κ3) is 2.82. The fourth-order valence-corrected chi connectivity index (χ4v) is 4.21. The minimum absolute atomic E-state index is 0.239. The molecule has 2 aliphatic rings. The Bertz CT molecular complexity index is 1110. The van der Waals surface area contributed by atoms with E-state index in [4.69, 9.17) is 9.72 Å². The largest absolute Gasteiger partial charge is 0.491 e. The molecule has 150 valence electrons. The van der Waals surface area contributed by atoms with E-state index in [9.17, 15) is 9.18 Å². The van der Waals surface area contributed by atoms with E-state index in [2.05, 4.69) is 22.2 Å². The lowest BCUT2D eigenvalue weighted by Gasteiger charge is -2.33. The number of carbonyl (C=O) groups is 1. The van der Waals surface area contributed by atoms with Crippen molar-refractivity contribution in [2.45, 2.75) is 38.3 Å². The molecule has 29 heavy (non-hydrogen) atoms. The molecule has 8 heteroatoms. The SMILES string of the molecule is CCN1c2ccn3ncc(c3n2)C(=O)N[C@H](C)COc2ccc(F)cc2C12CC2. The van der Waals surface area contributed by atoms with Crippen molar-refractivity contribution in [2.75, 3.05) is 18.1 Å². The summed E-state index contributed by atoms with van der Waals surface area (Å²) in [5, 5.41) is 7.18. The number of ether oxygens (including phenoxy) is 1. The summed E-state index contributed by atoms with van der Waals surface area (Å²) in [4.78, 5) is 19.7. The van der Waals surface area contributed by atoms with E-state index in [-0.39, 0.29) is 29.9 Å². The van der Waals surface area contributed by atoms with Gasteiger partial charge in [-0.25, -0.2) is 13.9 Å². The second-order valence-electron chi connectivity index (χ2n) is 7.71. The summed E-state index contributed by atoms with van der Waals surface area (Å²) in [6.45, 7) is 4.89. The van der Waals surface area contributed by atoms with E-state index < -0.39 is 0 Å². The molecule has 2 aromatic heterocycles. The smallest absolute Gasteiger partial charge is 0.257 e. The van der Waals surface area contributed by atoms with Gasteiger partial charge < -0.3 is 15.0 Å². The molecule has 1 aliphatic carbocycles. The van der Waals surface area contributed by atoms with E-state index >= 15 is 0 Å². The maximum Gasteiger partial charge on any atom is 0.257 e. The molecule has 1 atom stereocenters. The molecule has 0 radical (unpaired) electrons. The van der Waals surface area contributed by atoms with Crippen molar-refractivity contribution in [1.82, 2.24) is 19.9 Å². The molecule has 1 N–H and O–H groups in total. The van der Waals surface area contributed by atoms with Crippen LogP contribution in [0.3, 0.4) is 0 Å². The summed E-state index contributed by atoms with van der Waals surface area (Å²) in [5.74, 6) is 0.840. The molecule has 0 saturated heterocycles. The van der Waals surface area contributed by atoms with Gasteiger partial charge in [0.15, 0.2) is 5.65 Å². The number of hydrogen-bond acceptors (Lipinski definition) is 5. The van der Waals surface area contributed by atoms with Gasteiger partial charge >= 0.3 is 0 Å². The van der Waals surface area contributed by atoms with Crippen molar-refractivity contribution in [3.05, 3.63) is 53.6 Å². The third-order valence-corrected chi connectivity index (χ3v) is 5.74. The zero-order valence-electron chi connectivity index (χ0n) is 16.4. The monoisotopic (exact) mass is 395 g/mol. The first-order chi connectivity index (χ1) is 14.0. The number of rotatable bonds is 1. The third-order valence-electron chi connectivity index (χ3n) is 5.74. The second kappa shape index (κ2) is 6.43. The van der Waals surface area contributed by atoms with E-state index in [1.165, 1.54) is 12.3 Å². The Morgan fingerprint density at radius 3 is 2.93 bits per heavy atom. The average Bonchev–Trinajstić information content (AvgIpc) is 3.38. The first-order valence-corrected chi connectivity index (χ1v) is 9.87. The quantitative estimate of drug-likeness (QED) is 0.686. The molecule has 2 bridgehead atoms. The van der Waals surface area contributed by atoms with Crippen LogP contribution in [0.1, 0.15) is 42.6 Å². The number of aromatic nitrogens is 3.